The van der Waals surface area contributed by atoms with E-state index in [2.05, 4.69) is 24.7 Å². The normalized spacial score (nSPS) is 11.9. The number of halogens is 2. The highest BCUT2D eigenvalue weighted by Gasteiger charge is 2.20. The van der Waals surface area contributed by atoms with E-state index in [-0.39, 0.29) is 13.2 Å². The van der Waals surface area contributed by atoms with Gasteiger partial charge in [-0.1, -0.05) is 26.0 Å². The number of hydrogen-bond acceptors (Lipinski definition) is 2. The first-order valence-electron chi connectivity index (χ1n) is 6.04. The molecule has 0 fully saturated rings. The van der Waals surface area contributed by atoms with Crippen molar-refractivity contribution in [3.8, 4) is 5.75 Å². The molecule has 0 saturated carbocycles. The summed E-state index contributed by atoms with van der Waals surface area (Å²) in [5.41, 5.74) is 2.24. The summed E-state index contributed by atoms with van der Waals surface area (Å²) in [6.45, 7) is 6.88. The third-order valence-electron chi connectivity index (χ3n) is 2.56. The fourth-order valence-electron chi connectivity index (χ4n) is 1.57. The van der Waals surface area contributed by atoms with Crippen LogP contribution in [0.5, 0.6) is 5.75 Å². The fourth-order valence-corrected chi connectivity index (χ4v) is 1.57. The first kappa shape index (κ1) is 14.9. The highest BCUT2D eigenvalue weighted by Crippen LogP contribution is 2.23. The van der Waals surface area contributed by atoms with Crippen molar-refractivity contribution in [3.05, 3.63) is 29.3 Å². The molecule has 0 unspecified atom stereocenters. The SMILES string of the molecule is Cc1cc(C(C)C)ccc1OCCOC(C)(F)F. The lowest BCUT2D eigenvalue weighted by Crippen LogP contribution is -2.19. The molecule has 0 N–H and O–H groups in total. The molecule has 0 spiro atoms. The van der Waals surface area contributed by atoms with E-state index in [1.54, 1.807) is 0 Å². The average molecular weight is 258 g/mol. The summed E-state index contributed by atoms with van der Waals surface area (Å²) in [7, 11) is 0. The Labute approximate surface area is 107 Å². The Bertz CT molecular complexity index is 384. The Balaban J connectivity index is 2.48. The first-order valence-corrected chi connectivity index (χ1v) is 6.04. The van der Waals surface area contributed by atoms with Crippen LogP contribution >= 0.6 is 0 Å². The number of aryl methyl sites for hydroxylation is 1. The van der Waals surface area contributed by atoms with E-state index < -0.39 is 6.11 Å². The standard InChI is InChI=1S/C14H20F2O2/c1-10(2)12-5-6-13(11(3)9-12)17-7-8-18-14(4,15)16/h5-6,9-10H,7-8H2,1-4H3. The van der Waals surface area contributed by atoms with Crippen LogP contribution in [-0.2, 0) is 4.74 Å². The highest BCUT2D eigenvalue weighted by atomic mass is 19.3. The molecule has 0 aliphatic carbocycles. The molecule has 102 valence electrons. The molecule has 0 atom stereocenters. The zero-order chi connectivity index (χ0) is 13.8. The van der Waals surface area contributed by atoms with E-state index >= 15 is 0 Å². The molecule has 0 bridgehead atoms. The van der Waals surface area contributed by atoms with Gasteiger partial charge in [0.15, 0.2) is 0 Å². The van der Waals surface area contributed by atoms with Crippen LogP contribution in [-0.4, -0.2) is 19.3 Å². The number of ether oxygens (including phenoxy) is 2. The lowest BCUT2D eigenvalue weighted by atomic mass is 10.0. The molecule has 2 nitrogen and oxygen atoms in total. The van der Waals surface area contributed by atoms with Gasteiger partial charge < -0.3 is 9.47 Å². The smallest absolute Gasteiger partial charge is 0.353 e. The van der Waals surface area contributed by atoms with Gasteiger partial charge in [-0.15, -0.1) is 0 Å². The predicted molar refractivity (Wildman–Crippen MR) is 67.3 cm³/mol. The molecule has 0 saturated heterocycles. The molecule has 0 amide bonds. The van der Waals surface area contributed by atoms with Crippen LogP contribution in [0.1, 0.15) is 37.8 Å². The van der Waals surface area contributed by atoms with Gasteiger partial charge in [-0.25, -0.2) is 0 Å². The van der Waals surface area contributed by atoms with Crippen molar-refractivity contribution in [2.24, 2.45) is 0 Å². The summed E-state index contributed by atoms with van der Waals surface area (Å²) in [5.74, 6) is 1.17. The molecule has 0 aliphatic rings. The van der Waals surface area contributed by atoms with Gasteiger partial charge >= 0.3 is 6.11 Å². The van der Waals surface area contributed by atoms with Crippen LogP contribution < -0.4 is 4.74 Å². The Morgan fingerprint density at radius 3 is 2.39 bits per heavy atom. The minimum absolute atomic E-state index is 0.116. The maximum absolute atomic E-state index is 12.4. The molecule has 1 aromatic rings. The Kier molecular flexibility index (Phi) is 5.08. The van der Waals surface area contributed by atoms with E-state index in [0.717, 1.165) is 12.5 Å². The zero-order valence-electron chi connectivity index (χ0n) is 11.3. The fraction of sp³-hybridized carbons (Fsp3) is 0.571. The molecule has 1 rings (SSSR count). The Morgan fingerprint density at radius 1 is 1.22 bits per heavy atom. The molecule has 0 heterocycles. The van der Waals surface area contributed by atoms with E-state index in [1.165, 1.54) is 5.56 Å². The van der Waals surface area contributed by atoms with Gasteiger partial charge in [-0.05, 0) is 30.0 Å². The maximum Gasteiger partial charge on any atom is 0.353 e. The Hall–Kier alpha value is -1.16. The van der Waals surface area contributed by atoms with Crippen molar-refractivity contribution in [3.63, 3.8) is 0 Å². The van der Waals surface area contributed by atoms with Crippen molar-refractivity contribution >= 4 is 0 Å². The predicted octanol–water partition coefficient (Wildman–Crippen LogP) is 4.13. The summed E-state index contributed by atoms with van der Waals surface area (Å²) in [5, 5.41) is 0. The first-order chi connectivity index (χ1) is 8.29. The Morgan fingerprint density at radius 2 is 1.89 bits per heavy atom. The molecule has 4 heteroatoms. The van der Waals surface area contributed by atoms with Crippen LogP contribution in [0.4, 0.5) is 8.78 Å². The van der Waals surface area contributed by atoms with E-state index in [9.17, 15) is 8.78 Å². The molecular formula is C14H20F2O2. The zero-order valence-corrected chi connectivity index (χ0v) is 11.3. The van der Waals surface area contributed by atoms with Crippen LogP contribution in [0.2, 0.25) is 0 Å². The molecular weight excluding hydrogens is 238 g/mol. The topological polar surface area (TPSA) is 18.5 Å². The molecule has 0 radical (unpaired) electrons. The lowest BCUT2D eigenvalue weighted by Gasteiger charge is -2.14. The quantitative estimate of drug-likeness (QED) is 0.714. The van der Waals surface area contributed by atoms with Gasteiger partial charge in [-0.3, -0.25) is 0 Å². The monoisotopic (exact) mass is 258 g/mol. The van der Waals surface area contributed by atoms with E-state index in [0.29, 0.717) is 11.7 Å². The third kappa shape index (κ3) is 5.00. The van der Waals surface area contributed by atoms with Crippen LogP contribution in [0.25, 0.3) is 0 Å². The van der Waals surface area contributed by atoms with E-state index in [1.807, 2.05) is 19.1 Å². The summed E-state index contributed by atoms with van der Waals surface area (Å²) in [6.07, 6.45) is -3.10. The van der Waals surface area contributed by atoms with Gasteiger partial charge in [0.2, 0.25) is 0 Å². The lowest BCUT2D eigenvalue weighted by molar-refractivity contribution is -0.226. The van der Waals surface area contributed by atoms with Crippen molar-refractivity contribution < 1.29 is 18.3 Å². The van der Waals surface area contributed by atoms with Gasteiger partial charge in [0.1, 0.15) is 12.4 Å². The van der Waals surface area contributed by atoms with Gasteiger partial charge in [0.25, 0.3) is 0 Å². The average Bonchev–Trinajstić information content (AvgIpc) is 2.24. The highest BCUT2D eigenvalue weighted by molar-refractivity contribution is 5.37. The molecule has 1 aromatic carbocycles. The van der Waals surface area contributed by atoms with Crippen LogP contribution in [0, 0.1) is 6.92 Å². The van der Waals surface area contributed by atoms with Gasteiger partial charge in [0.05, 0.1) is 6.61 Å². The second-order valence-corrected chi connectivity index (χ2v) is 4.68. The number of hydrogen-bond donors (Lipinski definition) is 0. The summed E-state index contributed by atoms with van der Waals surface area (Å²) in [6, 6.07) is 5.91. The maximum atomic E-state index is 12.4. The number of benzene rings is 1. The molecule has 0 aliphatic heterocycles. The minimum Gasteiger partial charge on any atom is -0.491 e. The summed E-state index contributed by atoms with van der Waals surface area (Å²) >= 11 is 0. The summed E-state index contributed by atoms with van der Waals surface area (Å²) in [4.78, 5) is 0. The van der Waals surface area contributed by atoms with Crippen molar-refractivity contribution in [1.82, 2.24) is 0 Å². The van der Waals surface area contributed by atoms with Crippen LogP contribution in [0.3, 0.4) is 0 Å². The second kappa shape index (κ2) is 6.14. The summed E-state index contributed by atoms with van der Waals surface area (Å²) < 4.78 is 34.5. The van der Waals surface area contributed by atoms with Crippen molar-refractivity contribution in [1.29, 1.82) is 0 Å². The van der Waals surface area contributed by atoms with E-state index in [4.69, 9.17) is 4.74 Å². The van der Waals surface area contributed by atoms with Crippen molar-refractivity contribution in [2.45, 2.75) is 39.7 Å². The second-order valence-electron chi connectivity index (χ2n) is 4.68. The number of alkyl halides is 2. The molecule has 0 aromatic heterocycles. The largest absolute Gasteiger partial charge is 0.491 e. The molecule has 18 heavy (non-hydrogen) atoms. The minimum atomic E-state index is -3.10. The van der Waals surface area contributed by atoms with Gasteiger partial charge in [-0.2, -0.15) is 8.78 Å². The van der Waals surface area contributed by atoms with Crippen LogP contribution in [0.15, 0.2) is 18.2 Å². The number of rotatable bonds is 6. The van der Waals surface area contributed by atoms with Gasteiger partial charge in [0, 0.05) is 6.92 Å². The van der Waals surface area contributed by atoms with Crippen molar-refractivity contribution in [2.75, 3.05) is 13.2 Å². The third-order valence-corrected chi connectivity index (χ3v) is 2.56.